The maximum Gasteiger partial charge on any atom is 0.227 e. The number of halogens is 1. The van der Waals surface area contributed by atoms with Gasteiger partial charge in [-0.05, 0) is 6.92 Å². The van der Waals surface area contributed by atoms with Gasteiger partial charge in [-0.25, -0.2) is 4.98 Å². The fraction of sp³-hybridized carbons (Fsp3) is 0.600. The number of aromatic nitrogens is 1. The van der Waals surface area contributed by atoms with E-state index in [-0.39, 0.29) is 11.9 Å². The van der Waals surface area contributed by atoms with Crippen molar-refractivity contribution in [2.45, 2.75) is 25.3 Å². The smallest absolute Gasteiger partial charge is 0.227 e. The van der Waals surface area contributed by atoms with Gasteiger partial charge < -0.3 is 10.1 Å². The van der Waals surface area contributed by atoms with Crippen LogP contribution in [0.4, 0.5) is 0 Å². The minimum Gasteiger partial charge on any atom is -0.383 e. The van der Waals surface area contributed by atoms with E-state index in [0.29, 0.717) is 18.9 Å². The quantitative estimate of drug-likeness (QED) is 0.792. The second-order valence-corrected chi connectivity index (χ2v) is 4.68. The average Bonchev–Trinajstić information content (AvgIpc) is 2.65. The molecule has 0 fully saturated rings. The SMILES string of the molecule is COCC(C)NC(=O)Cc1nc(CCl)cs1. The zero-order valence-corrected chi connectivity index (χ0v) is 10.9. The average molecular weight is 263 g/mol. The van der Waals surface area contributed by atoms with E-state index in [9.17, 15) is 4.79 Å². The van der Waals surface area contributed by atoms with Crippen LogP contribution < -0.4 is 5.32 Å². The van der Waals surface area contributed by atoms with Gasteiger partial charge >= 0.3 is 0 Å². The summed E-state index contributed by atoms with van der Waals surface area (Å²) in [7, 11) is 1.61. The highest BCUT2D eigenvalue weighted by atomic mass is 35.5. The lowest BCUT2D eigenvalue weighted by Crippen LogP contribution is -2.36. The standard InChI is InChI=1S/C10H15ClN2O2S/c1-7(5-15-2)12-9(14)3-10-13-8(4-11)6-16-10/h6-7H,3-5H2,1-2H3,(H,12,14). The van der Waals surface area contributed by atoms with Crippen molar-refractivity contribution in [3.63, 3.8) is 0 Å². The number of ether oxygens (including phenoxy) is 1. The summed E-state index contributed by atoms with van der Waals surface area (Å²) < 4.78 is 4.93. The zero-order chi connectivity index (χ0) is 12.0. The molecule has 0 bridgehead atoms. The van der Waals surface area contributed by atoms with Gasteiger partial charge in [-0.3, -0.25) is 4.79 Å². The Balaban J connectivity index is 2.39. The number of nitrogens with zero attached hydrogens (tertiary/aromatic N) is 1. The van der Waals surface area contributed by atoms with Crippen molar-refractivity contribution in [3.8, 4) is 0 Å². The molecule has 6 heteroatoms. The van der Waals surface area contributed by atoms with Crippen molar-refractivity contribution < 1.29 is 9.53 Å². The molecular weight excluding hydrogens is 248 g/mol. The lowest BCUT2D eigenvalue weighted by atomic mass is 10.3. The van der Waals surface area contributed by atoms with Gasteiger partial charge in [-0.2, -0.15) is 0 Å². The Morgan fingerprint density at radius 3 is 3.06 bits per heavy atom. The number of hydrogen-bond acceptors (Lipinski definition) is 4. The van der Waals surface area contributed by atoms with Crippen LogP contribution in [0.1, 0.15) is 17.6 Å². The normalized spacial score (nSPS) is 12.4. The molecule has 90 valence electrons. The minimum atomic E-state index is -0.0416. The number of rotatable bonds is 6. The van der Waals surface area contributed by atoms with Gasteiger partial charge in [0.1, 0.15) is 5.01 Å². The van der Waals surface area contributed by atoms with Crippen molar-refractivity contribution in [2.75, 3.05) is 13.7 Å². The van der Waals surface area contributed by atoms with Crippen LogP contribution in [0.15, 0.2) is 5.38 Å². The Morgan fingerprint density at radius 2 is 2.50 bits per heavy atom. The summed E-state index contributed by atoms with van der Waals surface area (Å²) in [5.74, 6) is 0.345. The second kappa shape index (κ2) is 6.83. The highest BCUT2D eigenvalue weighted by molar-refractivity contribution is 7.09. The molecular formula is C10H15ClN2O2S. The van der Waals surface area contributed by atoms with Gasteiger partial charge in [0.15, 0.2) is 0 Å². The fourth-order valence-electron chi connectivity index (χ4n) is 1.25. The summed E-state index contributed by atoms with van der Waals surface area (Å²) in [6.45, 7) is 2.41. The second-order valence-electron chi connectivity index (χ2n) is 3.47. The van der Waals surface area contributed by atoms with E-state index in [1.165, 1.54) is 11.3 Å². The molecule has 0 aliphatic heterocycles. The van der Waals surface area contributed by atoms with E-state index in [0.717, 1.165) is 10.7 Å². The number of amides is 1. The number of hydrogen-bond donors (Lipinski definition) is 1. The molecule has 0 saturated carbocycles. The van der Waals surface area contributed by atoms with Gasteiger partial charge in [0, 0.05) is 18.5 Å². The first-order valence-corrected chi connectivity index (χ1v) is 6.34. The molecule has 0 spiro atoms. The molecule has 1 heterocycles. The number of nitrogens with one attached hydrogen (secondary N) is 1. The lowest BCUT2D eigenvalue weighted by Gasteiger charge is -2.11. The van der Waals surface area contributed by atoms with E-state index in [1.54, 1.807) is 7.11 Å². The third kappa shape index (κ3) is 4.47. The maximum absolute atomic E-state index is 11.6. The molecule has 1 N–H and O–H groups in total. The summed E-state index contributed by atoms with van der Waals surface area (Å²) in [6.07, 6.45) is 0.301. The first kappa shape index (κ1) is 13.4. The number of methoxy groups -OCH3 is 1. The van der Waals surface area contributed by atoms with Gasteiger partial charge in [0.05, 0.1) is 24.6 Å². The Hall–Kier alpha value is -0.650. The van der Waals surface area contributed by atoms with Gasteiger partial charge in [0.2, 0.25) is 5.91 Å². The summed E-state index contributed by atoms with van der Waals surface area (Å²) in [5, 5.41) is 5.49. The topological polar surface area (TPSA) is 51.2 Å². The molecule has 0 aromatic carbocycles. The molecule has 1 aromatic rings. The maximum atomic E-state index is 11.6. The van der Waals surface area contributed by atoms with Crippen molar-refractivity contribution >= 4 is 28.8 Å². The Morgan fingerprint density at radius 1 is 1.75 bits per heavy atom. The number of carbonyl (C=O) groups is 1. The molecule has 1 aromatic heterocycles. The van der Waals surface area contributed by atoms with E-state index in [1.807, 2.05) is 12.3 Å². The van der Waals surface area contributed by atoms with Crippen molar-refractivity contribution in [3.05, 3.63) is 16.1 Å². The Labute approximate surface area is 104 Å². The molecule has 1 unspecified atom stereocenters. The third-order valence-electron chi connectivity index (χ3n) is 1.87. The molecule has 1 atom stereocenters. The lowest BCUT2D eigenvalue weighted by molar-refractivity contribution is -0.121. The number of carbonyl (C=O) groups excluding carboxylic acids is 1. The molecule has 4 nitrogen and oxygen atoms in total. The molecule has 0 aliphatic rings. The van der Waals surface area contributed by atoms with Crippen LogP contribution in [-0.4, -0.2) is 30.6 Å². The zero-order valence-electron chi connectivity index (χ0n) is 9.33. The summed E-state index contributed by atoms with van der Waals surface area (Å²) in [6, 6.07) is 0.0185. The van der Waals surface area contributed by atoms with Crippen molar-refractivity contribution in [1.29, 1.82) is 0 Å². The van der Waals surface area contributed by atoms with Gasteiger partial charge in [0.25, 0.3) is 0 Å². The predicted molar refractivity (Wildman–Crippen MR) is 64.9 cm³/mol. The third-order valence-corrected chi connectivity index (χ3v) is 3.04. The fourth-order valence-corrected chi connectivity index (χ4v) is 2.27. The molecule has 1 amide bonds. The first-order chi connectivity index (χ1) is 7.65. The van der Waals surface area contributed by atoms with Gasteiger partial charge in [-0.1, -0.05) is 0 Å². The van der Waals surface area contributed by atoms with Crippen LogP contribution in [0.3, 0.4) is 0 Å². The monoisotopic (exact) mass is 262 g/mol. The summed E-state index contributed by atoms with van der Waals surface area (Å²) in [4.78, 5) is 15.8. The van der Waals surface area contributed by atoms with Crippen LogP contribution in [0.2, 0.25) is 0 Å². The van der Waals surface area contributed by atoms with E-state index in [4.69, 9.17) is 16.3 Å². The van der Waals surface area contributed by atoms with E-state index >= 15 is 0 Å². The highest BCUT2D eigenvalue weighted by Crippen LogP contribution is 2.12. The molecule has 0 aliphatic carbocycles. The molecule has 16 heavy (non-hydrogen) atoms. The van der Waals surface area contributed by atoms with Crippen molar-refractivity contribution in [2.24, 2.45) is 0 Å². The number of thiazole rings is 1. The van der Waals surface area contributed by atoms with Crippen LogP contribution in [0.5, 0.6) is 0 Å². The molecule has 1 rings (SSSR count). The van der Waals surface area contributed by atoms with Gasteiger partial charge in [-0.15, -0.1) is 22.9 Å². The van der Waals surface area contributed by atoms with Crippen LogP contribution in [-0.2, 0) is 21.8 Å². The van der Waals surface area contributed by atoms with Crippen LogP contribution in [0, 0.1) is 0 Å². The van der Waals surface area contributed by atoms with Crippen LogP contribution in [0.25, 0.3) is 0 Å². The van der Waals surface area contributed by atoms with E-state index < -0.39 is 0 Å². The predicted octanol–water partition coefficient (Wildman–Crippen LogP) is 1.58. The van der Waals surface area contributed by atoms with Crippen LogP contribution >= 0.6 is 22.9 Å². The first-order valence-electron chi connectivity index (χ1n) is 4.93. The van der Waals surface area contributed by atoms with Crippen molar-refractivity contribution in [1.82, 2.24) is 10.3 Å². The summed E-state index contributed by atoms with van der Waals surface area (Å²) in [5.41, 5.74) is 0.819. The minimum absolute atomic E-state index is 0.0185. The molecule has 0 radical (unpaired) electrons. The summed E-state index contributed by atoms with van der Waals surface area (Å²) >= 11 is 7.08. The Kier molecular flexibility index (Phi) is 5.73. The highest BCUT2D eigenvalue weighted by Gasteiger charge is 2.10. The number of alkyl halides is 1. The largest absolute Gasteiger partial charge is 0.383 e. The van der Waals surface area contributed by atoms with E-state index in [2.05, 4.69) is 10.3 Å². The Bertz CT molecular complexity index is 343. The molecule has 0 saturated heterocycles.